The van der Waals surface area contributed by atoms with Crippen LogP contribution in [-0.2, 0) is 0 Å². The van der Waals surface area contributed by atoms with Crippen LogP contribution in [0.4, 0.5) is 5.69 Å². The van der Waals surface area contributed by atoms with Crippen molar-refractivity contribution in [2.24, 2.45) is 0 Å². The van der Waals surface area contributed by atoms with Gasteiger partial charge in [0.05, 0.1) is 12.8 Å². The van der Waals surface area contributed by atoms with Crippen LogP contribution in [0.2, 0.25) is 0 Å². The van der Waals surface area contributed by atoms with Crippen molar-refractivity contribution in [1.82, 2.24) is 9.80 Å². The second-order valence-electron chi connectivity index (χ2n) is 7.01. The number of carbonyl (C=O) groups is 2. The Hall–Kier alpha value is -3.02. The lowest BCUT2D eigenvalue weighted by molar-refractivity contribution is 0.0746. The lowest BCUT2D eigenvalue weighted by Crippen LogP contribution is -2.48. The van der Waals surface area contributed by atoms with Crippen molar-refractivity contribution in [2.45, 2.75) is 13.8 Å². The van der Waals surface area contributed by atoms with Crippen LogP contribution in [0.25, 0.3) is 0 Å². The number of methoxy groups -OCH3 is 1. The molecular formula is C23H29N3O3. The number of piperazine rings is 1. The van der Waals surface area contributed by atoms with E-state index in [-0.39, 0.29) is 11.8 Å². The van der Waals surface area contributed by atoms with Gasteiger partial charge < -0.3 is 19.4 Å². The van der Waals surface area contributed by atoms with Gasteiger partial charge >= 0.3 is 0 Å². The highest BCUT2D eigenvalue weighted by atomic mass is 16.5. The van der Waals surface area contributed by atoms with E-state index in [1.165, 1.54) is 0 Å². The summed E-state index contributed by atoms with van der Waals surface area (Å²) in [4.78, 5) is 31.5. The summed E-state index contributed by atoms with van der Waals surface area (Å²) in [7, 11) is 1.67. The summed E-state index contributed by atoms with van der Waals surface area (Å²) in [5.74, 6) is 0.777. The molecule has 0 saturated carbocycles. The lowest BCUT2D eigenvalue weighted by Gasteiger charge is -2.36. The number of nitrogens with zero attached hydrogens (tertiary/aromatic N) is 3. The smallest absolute Gasteiger partial charge is 0.253 e. The van der Waals surface area contributed by atoms with E-state index >= 15 is 0 Å². The highest BCUT2D eigenvalue weighted by Crippen LogP contribution is 2.28. The van der Waals surface area contributed by atoms with E-state index in [1.54, 1.807) is 36.3 Å². The van der Waals surface area contributed by atoms with Crippen LogP contribution in [0.15, 0.2) is 48.5 Å². The molecule has 0 aliphatic carbocycles. The van der Waals surface area contributed by atoms with E-state index in [0.29, 0.717) is 37.3 Å². The second kappa shape index (κ2) is 9.45. The summed E-state index contributed by atoms with van der Waals surface area (Å²) in [6, 6.07) is 15.0. The predicted octanol–water partition coefficient (Wildman–Crippen LogP) is 3.14. The number of ether oxygens (including phenoxy) is 1. The first-order chi connectivity index (χ1) is 14.1. The van der Waals surface area contributed by atoms with Crippen LogP contribution in [0.1, 0.15) is 34.6 Å². The minimum atomic E-state index is -0.0364. The fourth-order valence-corrected chi connectivity index (χ4v) is 3.70. The summed E-state index contributed by atoms with van der Waals surface area (Å²) in [6.07, 6.45) is 0. The minimum Gasteiger partial charge on any atom is -0.495 e. The maximum absolute atomic E-state index is 13.0. The number of hydrogen-bond acceptors (Lipinski definition) is 4. The Balaban J connectivity index is 1.68. The molecule has 0 aromatic heterocycles. The fraction of sp³-hybridized carbons (Fsp3) is 0.391. The predicted molar refractivity (Wildman–Crippen MR) is 115 cm³/mol. The number of rotatable bonds is 6. The zero-order valence-corrected chi connectivity index (χ0v) is 17.4. The molecule has 1 heterocycles. The van der Waals surface area contributed by atoms with Crippen molar-refractivity contribution in [3.05, 3.63) is 59.7 Å². The Morgan fingerprint density at radius 3 is 2.24 bits per heavy atom. The van der Waals surface area contributed by atoms with Crippen molar-refractivity contribution in [1.29, 1.82) is 0 Å². The first-order valence-corrected chi connectivity index (χ1v) is 10.2. The molecule has 29 heavy (non-hydrogen) atoms. The summed E-state index contributed by atoms with van der Waals surface area (Å²) in [5.41, 5.74) is 2.18. The molecule has 0 unspecified atom stereocenters. The van der Waals surface area contributed by atoms with Crippen molar-refractivity contribution in [3.8, 4) is 5.75 Å². The van der Waals surface area contributed by atoms with Crippen LogP contribution >= 0.6 is 0 Å². The standard InChI is InChI=1S/C23H29N3O3/c1-4-24(5-2)22(27)18-9-8-10-19(17-18)23(28)26-15-13-25(14-16-26)20-11-6-7-12-21(20)29-3/h6-12,17H,4-5,13-16H2,1-3H3. The van der Waals surface area contributed by atoms with E-state index in [0.717, 1.165) is 24.5 Å². The fourth-order valence-electron chi connectivity index (χ4n) is 3.70. The zero-order valence-electron chi connectivity index (χ0n) is 17.4. The van der Waals surface area contributed by atoms with Gasteiger partial charge in [-0.3, -0.25) is 9.59 Å². The van der Waals surface area contributed by atoms with Gasteiger partial charge in [-0.25, -0.2) is 0 Å². The van der Waals surface area contributed by atoms with Gasteiger partial charge in [0.2, 0.25) is 0 Å². The van der Waals surface area contributed by atoms with E-state index < -0.39 is 0 Å². The number of carbonyl (C=O) groups excluding carboxylic acids is 2. The molecule has 0 N–H and O–H groups in total. The van der Waals surface area contributed by atoms with Gasteiger partial charge in [-0.1, -0.05) is 18.2 Å². The van der Waals surface area contributed by atoms with Gasteiger partial charge in [0, 0.05) is 50.4 Å². The van der Waals surface area contributed by atoms with Crippen molar-refractivity contribution >= 4 is 17.5 Å². The monoisotopic (exact) mass is 395 g/mol. The third-order valence-electron chi connectivity index (χ3n) is 5.40. The summed E-state index contributed by atoms with van der Waals surface area (Å²) < 4.78 is 5.46. The first-order valence-electron chi connectivity index (χ1n) is 10.2. The van der Waals surface area contributed by atoms with Gasteiger partial charge in [-0.2, -0.15) is 0 Å². The summed E-state index contributed by atoms with van der Waals surface area (Å²) in [5, 5.41) is 0. The Morgan fingerprint density at radius 1 is 0.931 bits per heavy atom. The number of para-hydroxylation sites is 2. The highest BCUT2D eigenvalue weighted by molar-refractivity contribution is 5.99. The molecule has 1 aliphatic rings. The number of amides is 2. The Kier molecular flexibility index (Phi) is 6.75. The molecule has 1 saturated heterocycles. The second-order valence-corrected chi connectivity index (χ2v) is 7.01. The molecule has 0 radical (unpaired) electrons. The van der Waals surface area contributed by atoms with Gasteiger partial charge in [-0.15, -0.1) is 0 Å². The van der Waals surface area contributed by atoms with Gasteiger partial charge in [0.1, 0.15) is 5.75 Å². The number of benzene rings is 2. The largest absolute Gasteiger partial charge is 0.495 e. The van der Waals surface area contributed by atoms with Crippen LogP contribution < -0.4 is 9.64 Å². The molecule has 0 bridgehead atoms. The number of hydrogen-bond donors (Lipinski definition) is 0. The van der Waals surface area contributed by atoms with Crippen LogP contribution in [0.5, 0.6) is 5.75 Å². The molecule has 1 aliphatic heterocycles. The molecule has 3 rings (SSSR count). The van der Waals surface area contributed by atoms with Crippen molar-refractivity contribution in [3.63, 3.8) is 0 Å². The SMILES string of the molecule is CCN(CC)C(=O)c1cccc(C(=O)N2CCN(c3ccccc3OC)CC2)c1. The molecule has 2 aromatic rings. The normalized spacial score (nSPS) is 13.9. The highest BCUT2D eigenvalue weighted by Gasteiger charge is 2.24. The van der Waals surface area contributed by atoms with E-state index in [4.69, 9.17) is 4.74 Å². The maximum Gasteiger partial charge on any atom is 0.253 e. The van der Waals surface area contributed by atoms with Crippen molar-refractivity contribution in [2.75, 3.05) is 51.3 Å². The summed E-state index contributed by atoms with van der Waals surface area (Å²) in [6.45, 7) is 7.95. The third kappa shape index (κ3) is 4.53. The topological polar surface area (TPSA) is 53.1 Å². The summed E-state index contributed by atoms with van der Waals surface area (Å²) >= 11 is 0. The molecule has 0 atom stereocenters. The molecule has 2 amide bonds. The van der Waals surface area contributed by atoms with Gasteiger partial charge in [0.15, 0.2) is 0 Å². The van der Waals surface area contributed by atoms with Crippen LogP contribution in [0.3, 0.4) is 0 Å². The van der Waals surface area contributed by atoms with E-state index in [2.05, 4.69) is 4.90 Å². The number of anilines is 1. The van der Waals surface area contributed by atoms with Crippen molar-refractivity contribution < 1.29 is 14.3 Å². The average Bonchev–Trinajstić information content (AvgIpc) is 2.79. The quantitative estimate of drug-likeness (QED) is 0.754. The minimum absolute atomic E-state index is 0.0288. The Labute approximate surface area is 172 Å². The molecule has 6 nitrogen and oxygen atoms in total. The van der Waals surface area contributed by atoms with Crippen LogP contribution in [0, 0.1) is 0 Å². The Morgan fingerprint density at radius 2 is 1.59 bits per heavy atom. The Bertz CT molecular complexity index is 856. The molecule has 6 heteroatoms. The lowest BCUT2D eigenvalue weighted by atomic mass is 10.1. The van der Waals surface area contributed by atoms with Gasteiger partial charge in [0.25, 0.3) is 11.8 Å². The zero-order chi connectivity index (χ0) is 20.8. The van der Waals surface area contributed by atoms with Crippen LogP contribution in [-0.4, -0.2) is 68.0 Å². The molecule has 154 valence electrons. The molecule has 2 aromatic carbocycles. The third-order valence-corrected chi connectivity index (χ3v) is 5.40. The average molecular weight is 396 g/mol. The van der Waals surface area contributed by atoms with Gasteiger partial charge in [-0.05, 0) is 44.2 Å². The molecule has 0 spiro atoms. The van der Waals surface area contributed by atoms with E-state index in [1.807, 2.05) is 43.0 Å². The molecular weight excluding hydrogens is 366 g/mol. The van der Waals surface area contributed by atoms with E-state index in [9.17, 15) is 9.59 Å². The maximum atomic E-state index is 13.0. The first kappa shape index (κ1) is 20.7. The molecule has 1 fully saturated rings.